The first kappa shape index (κ1) is 16.7. The quantitative estimate of drug-likeness (QED) is 0.934. The molecule has 1 aliphatic heterocycles. The monoisotopic (exact) mass is 330 g/mol. The van der Waals surface area contributed by atoms with Crippen molar-refractivity contribution in [2.24, 2.45) is 0 Å². The van der Waals surface area contributed by atoms with E-state index in [0.717, 1.165) is 26.2 Å². The van der Waals surface area contributed by atoms with Gasteiger partial charge in [-0.15, -0.1) is 0 Å². The Hall–Kier alpha value is -2.18. The zero-order chi connectivity index (χ0) is 17.1. The molecule has 6 heteroatoms. The molecule has 0 saturated carbocycles. The van der Waals surface area contributed by atoms with Gasteiger partial charge in [0.1, 0.15) is 5.82 Å². The van der Waals surface area contributed by atoms with Crippen molar-refractivity contribution in [3.63, 3.8) is 0 Å². The van der Waals surface area contributed by atoms with Crippen LogP contribution in [0.25, 0.3) is 5.69 Å². The number of nitrogens with zero attached hydrogens (tertiary/aromatic N) is 3. The summed E-state index contributed by atoms with van der Waals surface area (Å²) in [5, 5.41) is 2.91. The van der Waals surface area contributed by atoms with Gasteiger partial charge in [-0.2, -0.15) is 0 Å². The van der Waals surface area contributed by atoms with Gasteiger partial charge in [-0.3, -0.25) is 9.69 Å². The van der Waals surface area contributed by atoms with Crippen molar-refractivity contribution in [2.45, 2.75) is 13.0 Å². The van der Waals surface area contributed by atoms with Crippen LogP contribution < -0.4 is 5.32 Å². The summed E-state index contributed by atoms with van der Waals surface area (Å²) in [5.41, 5.74) is 1.02. The van der Waals surface area contributed by atoms with Crippen LogP contribution in [-0.4, -0.2) is 59.5 Å². The van der Waals surface area contributed by atoms with Crippen LogP contribution in [0.15, 0.2) is 42.7 Å². The molecule has 0 aliphatic carbocycles. The third kappa shape index (κ3) is 3.66. The maximum Gasteiger partial charge on any atom is 0.241 e. The lowest BCUT2D eigenvalue weighted by molar-refractivity contribution is -0.121. The smallest absolute Gasteiger partial charge is 0.241 e. The van der Waals surface area contributed by atoms with Gasteiger partial charge in [0.15, 0.2) is 0 Å². The molecule has 1 aromatic carbocycles. The van der Waals surface area contributed by atoms with Crippen LogP contribution in [0.4, 0.5) is 10.1 Å². The van der Waals surface area contributed by atoms with Crippen LogP contribution in [0.5, 0.6) is 0 Å². The van der Waals surface area contributed by atoms with E-state index in [-0.39, 0.29) is 17.8 Å². The number of anilines is 1. The Morgan fingerprint density at radius 2 is 1.83 bits per heavy atom. The fraction of sp³-hybridized carbons (Fsp3) is 0.389. The summed E-state index contributed by atoms with van der Waals surface area (Å²) in [6, 6.07) is 8.09. The normalized spacial score (nSPS) is 17.6. The van der Waals surface area contributed by atoms with Gasteiger partial charge in [-0.25, -0.2) is 4.39 Å². The molecule has 1 fully saturated rings. The standard InChI is InChI=1S/C18H23FN4O/c1-14(22-11-9-21(2)10-12-22)18(24)20-15-5-6-16(19)17(13-15)23-7-3-4-8-23/h3-8,13-14H,9-12H2,1-2H3,(H,20,24). The number of carbonyl (C=O) groups is 1. The Morgan fingerprint density at radius 3 is 2.50 bits per heavy atom. The van der Waals surface area contributed by atoms with Crippen molar-refractivity contribution in [1.82, 2.24) is 14.4 Å². The van der Waals surface area contributed by atoms with Crippen molar-refractivity contribution in [2.75, 3.05) is 38.5 Å². The van der Waals surface area contributed by atoms with Crippen molar-refractivity contribution >= 4 is 11.6 Å². The number of benzene rings is 1. The van der Waals surface area contributed by atoms with Crippen LogP contribution in [0.2, 0.25) is 0 Å². The van der Waals surface area contributed by atoms with Gasteiger partial charge in [-0.05, 0) is 44.3 Å². The maximum atomic E-state index is 14.0. The zero-order valence-electron chi connectivity index (χ0n) is 14.1. The predicted molar refractivity (Wildman–Crippen MR) is 92.9 cm³/mol. The molecule has 1 unspecified atom stereocenters. The third-order valence-electron chi connectivity index (χ3n) is 4.56. The van der Waals surface area contributed by atoms with Gasteiger partial charge in [-0.1, -0.05) is 0 Å². The molecule has 0 spiro atoms. The summed E-state index contributed by atoms with van der Waals surface area (Å²) in [4.78, 5) is 16.9. The van der Waals surface area contributed by atoms with Gasteiger partial charge in [0.05, 0.1) is 11.7 Å². The average Bonchev–Trinajstić information content (AvgIpc) is 3.11. The highest BCUT2D eigenvalue weighted by Gasteiger charge is 2.24. The summed E-state index contributed by atoms with van der Waals surface area (Å²) >= 11 is 0. The largest absolute Gasteiger partial charge is 0.325 e. The van der Waals surface area contributed by atoms with Crippen LogP contribution in [0.3, 0.4) is 0 Å². The molecule has 1 atom stereocenters. The number of aromatic nitrogens is 1. The Labute approximate surface area is 141 Å². The Balaban J connectivity index is 1.69. The minimum atomic E-state index is -0.323. The van der Waals surface area contributed by atoms with E-state index < -0.39 is 0 Å². The Kier molecular flexibility index (Phi) is 4.97. The van der Waals surface area contributed by atoms with E-state index >= 15 is 0 Å². The average molecular weight is 330 g/mol. The molecule has 2 heterocycles. The molecule has 24 heavy (non-hydrogen) atoms. The molecule has 0 bridgehead atoms. The number of rotatable bonds is 4. The molecule has 1 aliphatic rings. The number of carbonyl (C=O) groups excluding carboxylic acids is 1. The summed E-state index contributed by atoms with van der Waals surface area (Å²) in [5.74, 6) is -0.388. The van der Waals surface area contributed by atoms with Gasteiger partial charge in [0.2, 0.25) is 5.91 Å². The Morgan fingerprint density at radius 1 is 1.17 bits per heavy atom. The van der Waals surface area contributed by atoms with Crippen LogP contribution in [0.1, 0.15) is 6.92 Å². The summed E-state index contributed by atoms with van der Waals surface area (Å²) < 4.78 is 15.7. The number of hydrogen-bond acceptors (Lipinski definition) is 3. The first-order chi connectivity index (χ1) is 11.5. The highest BCUT2D eigenvalue weighted by atomic mass is 19.1. The molecule has 1 aromatic heterocycles. The third-order valence-corrected chi connectivity index (χ3v) is 4.56. The molecule has 1 amide bonds. The summed E-state index contributed by atoms with van der Waals surface area (Å²) in [6.45, 7) is 5.60. The number of amides is 1. The van der Waals surface area contributed by atoms with E-state index in [1.807, 2.05) is 19.1 Å². The summed E-state index contributed by atoms with van der Waals surface area (Å²) in [6.07, 6.45) is 3.55. The highest BCUT2D eigenvalue weighted by Crippen LogP contribution is 2.19. The second-order valence-electron chi connectivity index (χ2n) is 6.26. The van der Waals surface area contributed by atoms with E-state index in [4.69, 9.17) is 0 Å². The van der Waals surface area contributed by atoms with Crippen LogP contribution >= 0.6 is 0 Å². The molecule has 1 N–H and O–H groups in total. The number of likely N-dealkylation sites (N-methyl/N-ethyl adjacent to an activating group) is 1. The Bertz CT molecular complexity index is 693. The second-order valence-corrected chi connectivity index (χ2v) is 6.26. The first-order valence-corrected chi connectivity index (χ1v) is 8.21. The fourth-order valence-corrected chi connectivity index (χ4v) is 2.91. The van der Waals surface area contributed by atoms with Crippen LogP contribution in [0, 0.1) is 5.82 Å². The van der Waals surface area contributed by atoms with Crippen molar-refractivity contribution in [3.05, 3.63) is 48.5 Å². The minimum Gasteiger partial charge on any atom is -0.325 e. The van der Waals surface area contributed by atoms with Crippen molar-refractivity contribution in [3.8, 4) is 5.69 Å². The number of halogens is 1. The predicted octanol–water partition coefficient (Wildman–Crippen LogP) is 2.19. The zero-order valence-corrected chi connectivity index (χ0v) is 14.1. The number of piperazine rings is 1. The van der Waals surface area contributed by atoms with Crippen LogP contribution in [-0.2, 0) is 4.79 Å². The van der Waals surface area contributed by atoms with E-state index in [2.05, 4.69) is 22.2 Å². The van der Waals surface area contributed by atoms with Gasteiger partial charge < -0.3 is 14.8 Å². The van der Waals surface area contributed by atoms with E-state index in [0.29, 0.717) is 11.4 Å². The lowest BCUT2D eigenvalue weighted by Gasteiger charge is -2.35. The molecule has 3 rings (SSSR count). The lowest BCUT2D eigenvalue weighted by atomic mass is 10.2. The summed E-state index contributed by atoms with van der Waals surface area (Å²) in [7, 11) is 2.09. The lowest BCUT2D eigenvalue weighted by Crippen LogP contribution is -2.51. The topological polar surface area (TPSA) is 40.5 Å². The SMILES string of the molecule is CC(C(=O)Nc1ccc(F)c(-n2cccc2)c1)N1CCN(C)CC1. The van der Waals surface area contributed by atoms with Gasteiger partial charge in [0, 0.05) is 44.3 Å². The van der Waals surface area contributed by atoms with Crippen molar-refractivity contribution < 1.29 is 9.18 Å². The molecule has 128 valence electrons. The fourth-order valence-electron chi connectivity index (χ4n) is 2.91. The number of nitrogens with one attached hydrogen (secondary N) is 1. The van der Waals surface area contributed by atoms with Crippen molar-refractivity contribution in [1.29, 1.82) is 0 Å². The molecule has 0 radical (unpaired) electrons. The van der Waals surface area contributed by atoms with E-state index in [9.17, 15) is 9.18 Å². The van der Waals surface area contributed by atoms with Gasteiger partial charge >= 0.3 is 0 Å². The first-order valence-electron chi connectivity index (χ1n) is 8.21. The molecule has 2 aromatic rings. The molecular weight excluding hydrogens is 307 g/mol. The molecule has 1 saturated heterocycles. The number of hydrogen-bond donors (Lipinski definition) is 1. The molecular formula is C18H23FN4O. The maximum absolute atomic E-state index is 14.0. The second kappa shape index (κ2) is 7.15. The van der Waals surface area contributed by atoms with Gasteiger partial charge in [0.25, 0.3) is 0 Å². The molecule has 5 nitrogen and oxygen atoms in total. The highest BCUT2D eigenvalue weighted by molar-refractivity contribution is 5.94. The van der Waals surface area contributed by atoms with E-state index in [1.165, 1.54) is 6.07 Å². The van der Waals surface area contributed by atoms with E-state index in [1.54, 1.807) is 29.1 Å². The minimum absolute atomic E-state index is 0.0652.